The van der Waals surface area contributed by atoms with E-state index in [1.165, 1.54) is 25.3 Å². The molecule has 142 valence electrons. The number of nitrogens with one attached hydrogen (secondary N) is 1. The van der Waals surface area contributed by atoms with Crippen LogP contribution >= 0.6 is 15.9 Å². The Bertz CT molecular complexity index is 849. The van der Waals surface area contributed by atoms with E-state index in [1.807, 2.05) is 24.3 Å². The summed E-state index contributed by atoms with van der Waals surface area (Å²) in [7, 11) is 1.36. The van der Waals surface area contributed by atoms with Crippen molar-refractivity contribution in [1.82, 2.24) is 5.32 Å². The van der Waals surface area contributed by atoms with Crippen molar-refractivity contribution in [3.63, 3.8) is 0 Å². The molecule has 0 aliphatic heterocycles. The van der Waals surface area contributed by atoms with Gasteiger partial charge in [0.15, 0.2) is 11.5 Å². The third-order valence-electron chi connectivity index (χ3n) is 4.36. The van der Waals surface area contributed by atoms with Crippen molar-refractivity contribution in [3.05, 3.63) is 64.1 Å². The first-order valence-electron chi connectivity index (χ1n) is 8.31. The predicted molar refractivity (Wildman–Crippen MR) is 102 cm³/mol. The van der Waals surface area contributed by atoms with Gasteiger partial charge in [-0.1, -0.05) is 40.2 Å². The quantitative estimate of drug-likeness (QED) is 0.628. The van der Waals surface area contributed by atoms with Gasteiger partial charge in [0, 0.05) is 16.1 Å². The summed E-state index contributed by atoms with van der Waals surface area (Å²) < 4.78 is 35.9. The van der Waals surface area contributed by atoms with Gasteiger partial charge in [0.05, 0.1) is 12.6 Å². The van der Waals surface area contributed by atoms with Crippen molar-refractivity contribution >= 4 is 27.9 Å². The monoisotopic (exact) mass is 437 g/mol. The van der Waals surface area contributed by atoms with Crippen molar-refractivity contribution in [1.29, 1.82) is 0 Å². The van der Waals surface area contributed by atoms with Crippen LogP contribution in [0.3, 0.4) is 0 Å². The summed E-state index contributed by atoms with van der Waals surface area (Å²) in [5.74, 6) is -0.235. The molecule has 1 aliphatic carbocycles. The third-order valence-corrected chi connectivity index (χ3v) is 4.89. The molecule has 0 saturated heterocycles. The zero-order chi connectivity index (χ0) is 19.4. The van der Waals surface area contributed by atoms with Crippen LogP contribution in [0.25, 0.3) is 6.08 Å². The Labute approximate surface area is 164 Å². The van der Waals surface area contributed by atoms with E-state index in [4.69, 9.17) is 4.74 Å². The second-order valence-corrected chi connectivity index (χ2v) is 7.08. The lowest BCUT2D eigenvalue weighted by molar-refractivity contribution is -0.117. The van der Waals surface area contributed by atoms with Gasteiger partial charge in [0.1, 0.15) is 0 Å². The van der Waals surface area contributed by atoms with E-state index in [0.717, 1.165) is 22.9 Å². The molecule has 0 radical (unpaired) electrons. The molecule has 2 aromatic rings. The average molecular weight is 438 g/mol. The largest absolute Gasteiger partial charge is 0.493 e. The molecule has 0 unspecified atom stereocenters. The summed E-state index contributed by atoms with van der Waals surface area (Å²) in [6.07, 6.45) is 4.46. The highest BCUT2D eigenvalue weighted by Gasteiger charge is 2.45. The first kappa shape index (κ1) is 19.4. The van der Waals surface area contributed by atoms with Gasteiger partial charge in [-0.05, 0) is 42.7 Å². The molecule has 4 nitrogen and oxygen atoms in total. The number of benzene rings is 2. The van der Waals surface area contributed by atoms with Crippen LogP contribution in [-0.2, 0) is 10.3 Å². The van der Waals surface area contributed by atoms with Gasteiger partial charge in [-0.15, -0.1) is 0 Å². The summed E-state index contributed by atoms with van der Waals surface area (Å²) in [5.41, 5.74) is 1.01. The van der Waals surface area contributed by atoms with E-state index in [9.17, 15) is 13.6 Å². The molecule has 0 bridgehead atoms. The molecule has 0 atom stereocenters. The van der Waals surface area contributed by atoms with Crippen LogP contribution in [0.4, 0.5) is 8.78 Å². The second-order valence-electron chi connectivity index (χ2n) is 6.17. The highest BCUT2D eigenvalue weighted by molar-refractivity contribution is 9.10. The molecule has 27 heavy (non-hydrogen) atoms. The van der Waals surface area contributed by atoms with E-state index in [2.05, 4.69) is 26.0 Å². The number of halogens is 3. The molecule has 7 heteroatoms. The van der Waals surface area contributed by atoms with Crippen molar-refractivity contribution in [2.75, 3.05) is 7.11 Å². The highest BCUT2D eigenvalue weighted by Crippen LogP contribution is 2.45. The van der Waals surface area contributed by atoms with Gasteiger partial charge in [-0.25, -0.2) is 0 Å². The van der Waals surface area contributed by atoms with Crippen molar-refractivity contribution in [2.24, 2.45) is 0 Å². The lowest BCUT2D eigenvalue weighted by Gasteiger charge is -2.17. The topological polar surface area (TPSA) is 47.6 Å². The van der Waals surface area contributed by atoms with Crippen LogP contribution in [0.1, 0.15) is 24.0 Å². The minimum absolute atomic E-state index is 0.104. The van der Waals surface area contributed by atoms with Gasteiger partial charge in [0.2, 0.25) is 5.91 Å². The van der Waals surface area contributed by atoms with Crippen molar-refractivity contribution in [2.45, 2.75) is 25.0 Å². The van der Waals surface area contributed by atoms with Crippen molar-refractivity contribution in [3.8, 4) is 11.5 Å². The first-order valence-corrected chi connectivity index (χ1v) is 9.11. The van der Waals surface area contributed by atoms with Crippen LogP contribution in [-0.4, -0.2) is 19.6 Å². The van der Waals surface area contributed by atoms with E-state index in [-0.39, 0.29) is 22.9 Å². The molecule has 1 aliphatic rings. The SMILES string of the molecule is COc1cccc(C=CC(=O)NC2(c3ccc(Br)cc3)CC2)c1OC(F)F. The van der Waals surface area contributed by atoms with Crippen LogP contribution in [0.15, 0.2) is 53.0 Å². The third kappa shape index (κ3) is 4.66. The number of carbonyl (C=O) groups excluding carboxylic acids is 1. The number of amides is 1. The van der Waals surface area contributed by atoms with E-state index in [0.29, 0.717) is 5.56 Å². The van der Waals surface area contributed by atoms with E-state index >= 15 is 0 Å². The summed E-state index contributed by atoms with van der Waals surface area (Å²) >= 11 is 3.40. The summed E-state index contributed by atoms with van der Waals surface area (Å²) in [4.78, 5) is 12.4. The van der Waals surface area contributed by atoms with E-state index < -0.39 is 6.61 Å². The molecule has 2 aromatic carbocycles. The molecular weight excluding hydrogens is 420 g/mol. The zero-order valence-corrected chi connectivity index (χ0v) is 16.1. The lowest BCUT2D eigenvalue weighted by atomic mass is 10.0. The molecule has 0 heterocycles. The number of hydrogen-bond donors (Lipinski definition) is 1. The molecule has 1 saturated carbocycles. The highest BCUT2D eigenvalue weighted by atomic mass is 79.9. The Balaban J connectivity index is 1.75. The van der Waals surface area contributed by atoms with Crippen LogP contribution in [0.2, 0.25) is 0 Å². The summed E-state index contributed by atoms with van der Waals surface area (Å²) in [5, 5.41) is 3.00. The lowest BCUT2D eigenvalue weighted by Crippen LogP contribution is -2.33. The Morgan fingerprint density at radius 3 is 2.52 bits per heavy atom. The fourth-order valence-corrected chi connectivity index (χ4v) is 3.13. The van der Waals surface area contributed by atoms with Gasteiger partial charge in [-0.3, -0.25) is 4.79 Å². The van der Waals surface area contributed by atoms with Crippen LogP contribution in [0, 0.1) is 0 Å². The number of ether oxygens (including phenoxy) is 2. The first-order chi connectivity index (χ1) is 12.9. The van der Waals surface area contributed by atoms with Crippen LogP contribution in [0.5, 0.6) is 11.5 Å². The Morgan fingerprint density at radius 1 is 1.22 bits per heavy atom. The minimum atomic E-state index is -2.99. The van der Waals surface area contributed by atoms with Gasteiger partial charge in [0.25, 0.3) is 0 Å². The Hall–Kier alpha value is -2.41. The zero-order valence-electron chi connectivity index (χ0n) is 14.5. The maximum atomic E-state index is 12.7. The molecule has 1 fully saturated rings. The molecule has 0 aromatic heterocycles. The second kappa shape index (κ2) is 8.08. The van der Waals surface area contributed by atoms with Crippen LogP contribution < -0.4 is 14.8 Å². The molecule has 0 spiro atoms. The molecule has 3 rings (SSSR count). The summed E-state index contributed by atoms with van der Waals surface area (Å²) in [6.45, 7) is -2.99. The Kier molecular flexibility index (Phi) is 5.79. The molecular formula is C20H18BrF2NO3. The standard InChI is InChI=1S/C20H18BrF2NO3/c1-26-16-4-2-3-13(18(16)27-19(22)23)5-10-17(25)24-20(11-12-20)14-6-8-15(21)9-7-14/h2-10,19H,11-12H2,1H3,(H,24,25). The number of para-hydroxylation sites is 1. The predicted octanol–water partition coefficient (Wildman–Crippen LogP) is 4.88. The van der Waals surface area contributed by atoms with Gasteiger partial charge >= 0.3 is 6.61 Å². The fraction of sp³-hybridized carbons (Fsp3) is 0.250. The number of alkyl halides is 2. The smallest absolute Gasteiger partial charge is 0.387 e. The Morgan fingerprint density at radius 2 is 1.93 bits per heavy atom. The number of hydrogen-bond acceptors (Lipinski definition) is 3. The number of carbonyl (C=O) groups is 1. The van der Waals surface area contributed by atoms with Gasteiger partial charge in [-0.2, -0.15) is 8.78 Å². The van der Waals surface area contributed by atoms with Gasteiger partial charge < -0.3 is 14.8 Å². The minimum Gasteiger partial charge on any atom is -0.493 e. The number of rotatable bonds is 7. The van der Waals surface area contributed by atoms with E-state index in [1.54, 1.807) is 12.1 Å². The maximum Gasteiger partial charge on any atom is 0.387 e. The maximum absolute atomic E-state index is 12.7. The fourth-order valence-electron chi connectivity index (χ4n) is 2.86. The molecule has 1 N–H and O–H groups in total. The molecule has 1 amide bonds. The summed E-state index contributed by atoms with van der Waals surface area (Å²) in [6, 6.07) is 12.5. The number of methoxy groups -OCH3 is 1. The average Bonchev–Trinajstić information content (AvgIpc) is 3.41. The van der Waals surface area contributed by atoms with Crippen molar-refractivity contribution < 1.29 is 23.0 Å². The normalized spacial score (nSPS) is 15.0.